The van der Waals surface area contributed by atoms with Crippen LogP contribution in [0, 0.1) is 23.7 Å². The van der Waals surface area contributed by atoms with Gasteiger partial charge in [-0.25, -0.2) is 9.13 Å². The third-order valence-corrected chi connectivity index (χ3v) is 18.1. The fraction of sp³-hybridized carbons (Fsp3) is 0.942. The maximum atomic E-state index is 13.0. The zero-order valence-electron chi connectivity index (χ0n) is 57.3. The Bertz CT molecular complexity index is 1750. The molecule has 522 valence electrons. The normalized spacial score (nSPS) is 14.6. The minimum Gasteiger partial charge on any atom is -0.462 e. The number of rotatable bonds is 66. The molecule has 6 atom stereocenters. The van der Waals surface area contributed by atoms with Crippen LogP contribution in [0.2, 0.25) is 0 Å². The molecule has 0 saturated heterocycles. The lowest BCUT2D eigenvalue weighted by atomic mass is 10.00. The van der Waals surface area contributed by atoms with E-state index in [4.69, 9.17) is 37.0 Å². The molecule has 0 aromatic rings. The second kappa shape index (κ2) is 58.8. The van der Waals surface area contributed by atoms with E-state index in [0.29, 0.717) is 37.5 Å². The second-order valence-corrected chi connectivity index (χ2v) is 29.5. The summed E-state index contributed by atoms with van der Waals surface area (Å²) in [6.07, 6.45) is 40.7. The van der Waals surface area contributed by atoms with E-state index < -0.39 is 97.5 Å². The summed E-state index contributed by atoms with van der Waals surface area (Å²) in [5.74, 6) is 0.777. The van der Waals surface area contributed by atoms with Crippen LogP contribution in [0.1, 0.15) is 338 Å². The van der Waals surface area contributed by atoms with Gasteiger partial charge in [-0.15, -0.1) is 0 Å². The SMILES string of the molecule is CCC(C)CCCCCCCCC(=O)OC[C@H](COP(=O)(O)OCC(O)COP(=O)(O)OC[C@@H](COC(=O)CCCCCCCCCC(C)C)OC(=O)CCCCCCCCCCCCCCCCCCC(C)C)OC(=O)CCCCCCCCC(C)C. The number of phosphoric ester groups is 2. The Morgan fingerprint density at radius 1 is 0.318 bits per heavy atom. The summed E-state index contributed by atoms with van der Waals surface area (Å²) in [5.41, 5.74) is 0. The molecular weight excluding hydrogens is 1160 g/mol. The van der Waals surface area contributed by atoms with Crippen molar-refractivity contribution in [2.24, 2.45) is 23.7 Å². The average molecular weight is 1300 g/mol. The van der Waals surface area contributed by atoms with E-state index >= 15 is 0 Å². The summed E-state index contributed by atoms with van der Waals surface area (Å²) in [5, 5.41) is 10.6. The highest BCUT2D eigenvalue weighted by Crippen LogP contribution is 2.45. The van der Waals surface area contributed by atoms with Crippen LogP contribution in [0.25, 0.3) is 0 Å². The number of hydrogen-bond acceptors (Lipinski definition) is 15. The zero-order chi connectivity index (χ0) is 65.4. The number of hydrogen-bond donors (Lipinski definition) is 3. The van der Waals surface area contributed by atoms with Gasteiger partial charge in [0.1, 0.15) is 19.3 Å². The van der Waals surface area contributed by atoms with Crippen molar-refractivity contribution >= 4 is 39.5 Å². The van der Waals surface area contributed by atoms with Crippen LogP contribution in [-0.4, -0.2) is 96.7 Å². The van der Waals surface area contributed by atoms with Crippen molar-refractivity contribution in [1.82, 2.24) is 0 Å². The van der Waals surface area contributed by atoms with Crippen molar-refractivity contribution in [2.45, 2.75) is 356 Å². The summed E-state index contributed by atoms with van der Waals surface area (Å²) in [4.78, 5) is 72.4. The van der Waals surface area contributed by atoms with Gasteiger partial charge in [-0.05, 0) is 49.4 Å². The lowest BCUT2D eigenvalue weighted by Crippen LogP contribution is -2.30. The highest BCUT2D eigenvalue weighted by atomic mass is 31.2. The molecule has 19 heteroatoms. The summed E-state index contributed by atoms with van der Waals surface area (Å²) in [6.45, 7) is 14.0. The Balaban J connectivity index is 5.18. The second-order valence-electron chi connectivity index (χ2n) is 26.6. The standard InChI is InChI=1S/C69H134O17P2/c1-9-62(8)48-40-32-26-28-34-42-50-67(72)80-56-65(86-69(74)52-44-36-27-25-31-39-47-61(6)7)58-84-88(77,78)82-54-63(70)53-81-87(75,76)83-57-64(55-79-66(71)49-41-33-24-20-22-30-38-46-60(4)5)85-68(73)51-43-35-23-19-17-15-13-11-10-12-14-16-18-21-29-37-45-59(2)3/h59-65,70H,9-58H2,1-8H3,(H,75,76)(H,77,78)/t62?,63?,64-,65-/m1/s1. The first-order chi connectivity index (χ1) is 42.1. The van der Waals surface area contributed by atoms with E-state index in [2.05, 4.69) is 55.4 Å². The van der Waals surface area contributed by atoms with Crippen LogP contribution in [-0.2, 0) is 65.4 Å². The molecule has 0 aromatic heterocycles. The smallest absolute Gasteiger partial charge is 0.462 e. The van der Waals surface area contributed by atoms with Gasteiger partial charge in [-0.2, -0.15) is 0 Å². The quantitative estimate of drug-likeness (QED) is 0.0222. The average Bonchev–Trinajstić information content (AvgIpc) is 3.64. The molecule has 0 rings (SSSR count). The number of carbonyl (C=O) groups excluding carboxylic acids is 4. The third-order valence-electron chi connectivity index (χ3n) is 16.2. The van der Waals surface area contributed by atoms with Gasteiger partial charge < -0.3 is 33.8 Å². The number of carbonyl (C=O) groups is 4. The molecule has 88 heavy (non-hydrogen) atoms. The van der Waals surface area contributed by atoms with Gasteiger partial charge in [-0.3, -0.25) is 37.3 Å². The largest absolute Gasteiger partial charge is 0.472 e. The van der Waals surface area contributed by atoms with E-state index in [1.807, 2.05) is 0 Å². The predicted octanol–water partition coefficient (Wildman–Crippen LogP) is 19.3. The zero-order valence-corrected chi connectivity index (χ0v) is 59.1. The minimum absolute atomic E-state index is 0.101. The molecule has 4 unspecified atom stereocenters. The van der Waals surface area contributed by atoms with E-state index in [1.165, 1.54) is 128 Å². The first-order valence-corrected chi connectivity index (χ1v) is 38.7. The minimum atomic E-state index is -4.95. The fourth-order valence-corrected chi connectivity index (χ4v) is 11.9. The van der Waals surface area contributed by atoms with Crippen LogP contribution >= 0.6 is 15.6 Å². The maximum Gasteiger partial charge on any atom is 0.472 e. The van der Waals surface area contributed by atoms with E-state index in [-0.39, 0.29) is 25.7 Å². The van der Waals surface area contributed by atoms with Crippen molar-refractivity contribution in [3.05, 3.63) is 0 Å². The fourth-order valence-electron chi connectivity index (χ4n) is 10.3. The molecule has 0 aliphatic heterocycles. The molecule has 0 amide bonds. The Morgan fingerprint density at radius 2 is 0.545 bits per heavy atom. The van der Waals surface area contributed by atoms with Crippen LogP contribution in [0.3, 0.4) is 0 Å². The number of aliphatic hydroxyl groups excluding tert-OH is 1. The van der Waals surface area contributed by atoms with Gasteiger partial charge in [0.2, 0.25) is 0 Å². The molecule has 0 aliphatic rings. The highest BCUT2D eigenvalue weighted by molar-refractivity contribution is 7.47. The van der Waals surface area contributed by atoms with Crippen LogP contribution < -0.4 is 0 Å². The Labute approximate surface area is 537 Å². The van der Waals surface area contributed by atoms with E-state index in [1.54, 1.807) is 0 Å². The number of unbranched alkanes of at least 4 members (excludes halogenated alkanes) is 31. The predicted molar refractivity (Wildman–Crippen MR) is 354 cm³/mol. The van der Waals surface area contributed by atoms with Gasteiger partial charge in [0.15, 0.2) is 12.2 Å². The van der Waals surface area contributed by atoms with Gasteiger partial charge in [0, 0.05) is 25.7 Å². The monoisotopic (exact) mass is 1300 g/mol. The molecule has 0 radical (unpaired) electrons. The Kier molecular flexibility index (Phi) is 57.6. The summed E-state index contributed by atoms with van der Waals surface area (Å²) < 4.78 is 68.1. The summed E-state index contributed by atoms with van der Waals surface area (Å²) in [6, 6.07) is 0. The maximum absolute atomic E-state index is 13.0. The topological polar surface area (TPSA) is 237 Å². The molecular formula is C69H134O17P2. The molecule has 0 aliphatic carbocycles. The van der Waals surface area contributed by atoms with Crippen molar-refractivity contribution in [2.75, 3.05) is 39.6 Å². The van der Waals surface area contributed by atoms with Crippen molar-refractivity contribution < 1.29 is 80.2 Å². The summed E-state index contributed by atoms with van der Waals surface area (Å²) in [7, 11) is -9.90. The lowest BCUT2D eigenvalue weighted by molar-refractivity contribution is -0.161. The summed E-state index contributed by atoms with van der Waals surface area (Å²) >= 11 is 0. The number of ether oxygens (including phenoxy) is 4. The molecule has 3 N–H and O–H groups in total. The van der Waals surface area contributed by atoms with E-state index in [9.17, 15) is 43.2 Å². The molecule has 0 bridgehead atoms. The Morgan fingerprint density at radius 3 is 0.807 bits per heavy atom. The van der Waals surface area contributed by atoms with Crippen molar-refractivity contribution in [3.63, 3.8) is 0 Å². The van der Waals surface area contributed by atoms with Crippen LogP contribution in [0.15, 0.2) is 0 Å². The van der Waals surface area contributed by atoms with Gasteiger partial charge >= 0.3 is 39.5 Å². The number of phosphoric acid groups is 2. The molecule has 0 saturated carbocycles. The van der Waals surface area contributed by atoms with Crippen molar-refractivity contribution in [3.8, 4) is 0 Å². The highest BCUT2D eigenvalue weighted by Gasteiger charge is 2.30. The van der Waals surface area contributed by atoms with Crippen molar-refractivity contribution in [1.29, 1.82) is 0 Å². The van der Waals surface area contributed by atoms with Gasteiger partial charge in [0.05, 0.1) is 26.4 Å². The lowest BCUT2D eigenvalue weighted by Gasteiger charge is -2.21. The number of esters is 4. The molecule has 0 aromatic carbocycles. The molecule has 0 spiro atoms. The van der Waals surface area contributed by atoms with Gasteiger partial charge in [-0.1, -0.05) is 287 Å². The Hall–Kier alpha value is -1.94. The first-order valence-electron chi connectivity index (χ1n) is 35.7. The number of aliphatic hydroxyl groups is 1. The molecule has 17 nitrogen and oxygen atoms in total. The van der Waals surface area contributed by atoms with Crippen LogP contribution in [0.5, 0.6) is 0 Å². The van der Waals surface area contributed by atoms with Gasteiger partial charge in [0.25, 0.3) is 0 Å². The van der Waals surface area contributed by atoms with Crippen LogP contribution in [0.4, 0.5) is 0 Å². The van der Waals surface area contributed by atoms with E-state index in [0.717, 1.165) is 115 Å². The third kappa shape index (κ3) is 61.6. The first kappa shape index (κ1) is 86.1. The molecule has 0 heterocycles. The molecule has 0 fully saturated rings.